The molecule has 0 saturated carbocycles. The fourth-order valence-corrected chi connectivity index (χ4v) is 1.56. The first kappa shape index (κ1) is 15.2. The molecule has 1 rings (SSSR count). The lowest BCUT2D eigenvalue weighted by molar-refractivity contribution is 0.0954. The molecule has 90 valence electrons. The van der Waals surface area contributed by atoms with Crippen LogP contribution in [0.4, 0.5) is 0 Å². The number of hydrogen-bond acceptors (Lipinski definition) is 2. The molecule has 2 N–H and O–H groups in total. The molecule has 0 fully saturated rings. The standard InChI is InChI=1S/C11H15ClN2O.ClH/c1-8-5-9(7-10(12)6-8)11(15)14-4-3-13-2;/h5-7,13H,3-4H2,1-2H3,(H,14,15);1H. The molecule has 0 bridgehead atoms. The summed E-state index contributed by atoms with van der Waals surface area (Å²) in [5.74, 6) is -0.0872. The van der Waals surface area contributed by atoms with E-state index in [2.05, 4.69) is 10.6 Å². The zero-order chi connectivity index (χ0) is 11.3. The summed E-state index contributed by atoms with van der Waals surface area (Å²) in [4.78, 5) is 11.6. The molecule has 1 aromatic rings. The molecule has 16 heavy (non-hydrogen) atoms. The minimum absolute atomic E-state index is 0. The van der Waals surface area contributed by atoms with Crippen molar-refractivity contribution in [3.8, 4) is 0 Å². The highest BCUT2D eigenvalue weighted by Crippen LogP contribution is 2.14. The first-order valence-electron chi connectivity index (χ1n) is 4.83. The highest BCUT2D eigenvalue weighted by Gasteiger charge is 2.05. The van der Waals surface area contributed by atoms with Gasteiger partial charge in [0.05, 0.1) is 0 Å². The Bertz CT molecular complexity index is 336. The Morgan fingerprint density at radius 1 is 1.31 bits per heavy atom. The van der Waals surface area contributed by atoms with E-state index in [4.69, 9.17) is 11.6 Å². The average Bonchev–Trinajstić information content (AvgIpc) is 2.16. The van der Waals surface area contributed by atoms with Gasteiger partial charge in [-0.25, -0.2) is 0 Å². The lowest BCUT2D eigenvalue weighted by atomic mass is 10.1. The molecule has 5 heteroatoms. The number of nitrogens with one attached hydrogen (secondary N) is 2. The Morgan fingerprint density at radius 3 is 2.56 bits per heavy atom. The monoisotopic (exact) mass is 262 g/mol. The normalized spacial score (nSPS) is 9.44. The van der Waals surface area contributed by atoms with E-state index in [0.29, 0.717) is 17.1 Å². The van der Waals surface area contributed by atoms with E-state index in [0.717, 1.165) is 12.1 Å². The maximum Gasteiger partial charge on any atom is 0.251 e. The molecule has 0 aliphatic heterocycles. The van der Waals surface area contributed by atoms with E-state index in [-0.39, 0.29) is 18.3 Å². The fourth-order valence-electron chi connectivity index (χ4n) is 1.27. The van der Waals surface area contributed by atoms with Crippen LogP contribution in [0.15, 0.2) is 18.2 Å². The number of aryl methyl sites for hydroxylation is 1. The van der Waals surface area contributed by atoms with E-state index in [1.54, 1.807) is 6.07 Å². The van der Waals surface area contributed by atoms with Crippen LogP contribution < -0.4 is 10.6 Å². The molecule has 0 saturated heterocycles. The van der Waals surface area contributed by atoms with E-state index in [1.807, 2.05) is 26.1 Å². The molecule has 0 radical (unpaired) electrons. The molecule has 0 aromatic heterocycles. The molecular weight excluding hydrogens is 247 g/mol. The summed E-state index contributed by atoms with van der Waals surface area (Å²) in [6, 6.07) is 5.32. The molecule has 0 atom stereocenters. The molecule has 0 spiro atoms. The topological polar surface area (TPSA) is 41.1 Å². The molecule has 0 unspecified atom stereocenters. The summed E-state index contributed by atoms with van der Waals surface area (Å²) < 4.78 is 0. The average molecular weight is 263 g/mol. The smallest absolute Gasteiger partial charge is 0.251 e. The third kappa shape index (κ3) is 4.84. The predicted molar refractivity (Wildman–Crippen MR) is 69.7 cm³/mol. The summed E-state index contributed by atoms with van der Waals surface area (Å²) in [6.07, 6.45) is 0. The number of halogens is 2. The van der Waals surface area contributed by atoms with Crippen molar-refractivity contribution in [1.29, 1.82) is 0 Å². The van der Waals surface area contributed by atoms with Gasteiger partial charge in [0.25, 0.3) is 5.91 Å². The van der Waals surface area contributed by atoms with Crippen molar-refractivity contribution in [2.75, 3.05) is 20.1 Å². The van der Waals surface area contributed by atoms with Crippen LogP contribution in [0.1, 0.15) is 15.9 Å². The number of carbonyl (C=O) groups is 1. The zero-order valence-electron chi connectivity index (χ0n) is 9.34. The summed E-state index contributed by atoms with van der Waals surface area (Å²) in [5.41, 5.74) is 1.59. The van der Waals surface area contributed by atoms with E-state index in [1.165, 1.54) is 0 Å². The molecule has 0 aliphatic carbocycles. The Labute approximate surface area is 107 Å². The maximum absolute atomic E-state index is 11.6. The summed E-state index contributed by atoms with van der Waals surface area (Å²) in [5, 5.41) is 6.34. The quantitative estimate of drug-likeness (QED) is 0.816. The van der Waals surface area contributed by atoms with E-state index in [9.17, 15) is 4.79 Å². The van der Waals surface area contributed by atoms with Gasteiger partial charge < -0.3 is 10.6 Å². The number of hydrogen-bond donors (Lipinski definition) is 2. The van der Waals surface area contributed by atoms with Crippen LogP contribution in [-0.4, -0.2) is 26.0 Å². The van der Waals surface area contributed by atoms with Gasteiger partial charge in [0.1, 0.15) is 0 Å². The lowest BCUT2D eigenvalue weighted by Crippen LogP contribution is -2.30. The highest BCUT2D eigenvalue weighted by molar-refractivity contribution is 6.31. The molecule has 1 amide bonds. The summed E-state index contributed by atoms with van der Waals surface area (Å²) in [6.45, 7) is 3.28. The number of likely N-dealkylation sites (N-methyl/N-ethyl adjacent to an activating group) is 1. The second kappa shape index (κ2) is 7.49. The first-order chi connectivity index (χ1) is 7.13. The summed E-state index contributed by atoms with van der Waals surface area (Å²) in [7, 11) is 1.84. The molecule has 0 aliphatic rings. The van der Waals surface area contributed by atoms with Crippen LogP contribution in [0.2, 0.25) is 5.02 Å². The van der Waals surface area contributed by atoms with Gasteiger partial charge in [-0.05, 0) is 37.7 Å². The Kier molecular flexibility index (Phi) is 7.13. The fraction of sp³-hybridized carbons (Fsp3) is 0.364. The van der Waals surface area contributed by atoms with Crippen LogP contribution in [0.3, 0.4) is 0 Å². The van der Waals surface area contributed by atoms with Gasteiger partial charge >= 0.3 is 0 Å². The Morgan fingerprint density at radius 2 is 2.00 bits per heavy atom. The molecule has 0 heterocycles. The van der Waals surface area contributed by atoms with Crippen LogP contribution in [0.5, 0.6) is 0 Å². The van der Waals surface area contributed by atoms with Gasteiger partial charge in [0.15, 0.2) is 0 Å². The van der Waals surface area contributed by atoms with Crippen LogP contribution in [-0.2, 0) is 0 Å². The van der Waals surface area contributed by atoms with E-state index < -0.39 is 0 Å². The van der Waals surface area contributed by atoms with Crippen molar-refractivity contribution in [2.45, 2.75) is 6.92 Å². The lowest BCUT2D eigenvalue weighted by Gasteiger charge is -2.05. The molecule has 3 nitrogen and oxygen atoms in total. The number of carbonyl (C=O) groups excluding carboxylic acids is 1. The minimum Gasteiger partial charge on any atom is -0.351 e. The van der Waals surface area contributed by atoms with Crippen molar-refractivity contribution in [2.24, 2.45) is 0 Å². The van der Waals surface area contributed by atoms with Gasteiger partial charge in [-0.15, -0.1) is 12.4 Å². The first-order valence-corrected chi connectivity index (χ1v) is 5.21. The number of benzene rings is 1. The third-order valence-corrected chi connectivity index (χ3v) is 2.18. The third-order valence-electron chi connectivity index (χ3n) is 1.96. The SMILES string of the molecule is CNCCNC(=O)c1cc(C)cc(Cl)c1.Cl. The molecular formula is C11H16Cl2N2O. The Balaban J connectivity index is 0.00000225. The van der Waals surface area contributed by atoms with Crippen molar-refractivity contribution in [3.05, 3.63) is 34.3 Å². The minimum atomic E-state index is -0.0872. The number of rotatable bonds is 4. The van der Waals surface area contributed by atoms with Crippen molar-refractivity contribution >= 4 is 29.9 Å². The zero-order valence-corrected chi connectivity index (χ0v) is 10.9. The second-order valence-corrected chi connectivity index (χ2v) is 3.81. The van der Waals surface area contributed by atoms with Gasteiger partial charge in [-0.3, -0.25) is 4.79 Å². The van der Waals surface area contributed by atoms with Gasteiger partial charge in [0.2, 0.25) is 0 Å². The highest BCUT2D eigenvalue weighted by atomic mass is 35.5. The van der Waals surface area contributed by atoms with Crippen molar-refractivity contribution in [3.63, 3.8) is 0 Å². The van der Waals surface area contributed by atoms with Crippen LogP contribution in [0.25, 0.3) is 0 Å². The van der Waals surface area contributed by atoms with Crippen molar-refractivity contribution in [1.82, 2.24) is 10.6 Å². The predicted octanol–water partition coefficient (Wildman–Crippen LogP) is 2.02. The Hall–Kier alpha value is -0.770. The second-order valence-electron chi connectivity index (χ2n) is 3.38. The largest absolute Gasteiger partial charge is 0.351 e. The van der Waals surface area contributed by atoms with Crippen LogP contribution in [0, 0.1) is 6.92 Å². The van der Waals surface area contributed by atoms with Gasteiger partial charge in [-0.2, -0.15) is 0 Å². The molecule has 1 aromatic carbocycles. The van der Waals surface area contributed by atoms with Gasteiger partial charge in [-0.1, -0.05) is 11.6 Å². The number of amides is 1. The van der Waals surface area contributed by atoms with E-state index >= 15 is 0 Å². The van der Waals surface area contributed by atoms with Crippen LogP contribution >= 0.6 is 24.0 Å². The summed E-state index contributed by atoms with van der Waals surface area (Å²) >= 11 is 5.86. The van der Waals surface area contributed by atoms with Gasteiger partial charge in [0, 0.05) is 23.7 Å². The van der Waals surface area contributed by atoms with Crippen molar-refractivity contribution < 1.29 is 4.79 Å². The maximum atomic E-state index is 11.6.